The first-order valence-electron chi connectivity index (χ1n) is 10.4. The summed E-state index contributed by atoms with van der Waals surface area (Å²) in [5.41, 5.74) is 7.25. The van der Waals surface area contributed by atoms with Crippen molar-refractivity contribution in [2.75, 3.05) is 0 Å². The average molecular weight is 398 g/mol. The maximum absolute atomic E-state index is 6.06. The molecule has 0 N–H and O–H groups in total. The first-order chi connectivity index (χ1) is 14.6. The number of benzene rings is 3. The predicted molar refractivity (Wildman–Crippen MR) is 123 cm³/mol. The van der Waals surface area contributed by atoms with Crippen molar-refractivity contribution >= 4 is 11.6 Å². The summed E-state index contributed by atoms with van der Waals surface area (Å²) >= 11 is 0. The number of hydrogen-bond donors (Lipinski definition) is 0. The lowest BCUT2D eigenvalue weighted by Gasteiger charge is -2.08. The van der Waals surface area contributed by atoms with Crippen LogP contribution in [0.3, 0.4) is 0 Å². The molecular weight excluding hydrogens is 370 g/mol. The van der Waals surface area contributed by atoms with Crippen LogP contribution in [-0.2, 0) is 12.8 Å². The third-order valence-electron chi connectivity index (χ3n) is 5.43. The first kappa shape index (κ1) is 20.0. The Kier molecular flexibility index (Phi) is 5.99. The van der Waals surface area contributed by atoms with Crippen molar-refractivity contribution in [1.29, 1.82) is 0 Å². The Hall–Kier alpha value is -3.33. The van der Waals surface area contributed by atoms with E-state index in [2.05, 4.69) is 38.1 Å². The topological polar surface area (TPSA) is 30.8 Å². The number of nitrogens with zero attached hydrogens (tertiary/aromatic N) is 1. The second kappa shape index (κ2) is 9.00. The van der Waals surface area contributed by atoms with Crippen LogP contribution in [0.15, 0.2) is 78.0 Å². The van der Waals surface area contributed by atoms with E-state index in [9.17, 15) is 0 Å². The van der Waals surface area contributed by atoms with Gasteiger partial charge in [-0.25, -0.2) is 4.99 Å². The molecule has 0 saturated heterocycles. The van der Waals surface area contributed by atoms with Crippen LogP contribution >= 0.6 is 0 Å². The molecule has 30 heavy (non-hydrogen) atoms. The van der Waals surface area contributed by atoms with Crippen LogP contribution in [-0.4, -0.2) is 5.90 Å². The molecule has 3 nitrogen and oxygen atoms in total. The molecule has 1 aliphatic carbocycles. The zero-order chi connectivity index (χ0) is 20.9. The molecule has 0 atom stereocenters. The molecule has 0 heterocycles. The summed E-state index contributed by atoms with van der Waals surface area (Å²) in [6.45, 7) is 6.22. The maximum Gasteiger partial charge on any atom is 0.222 e. The van der Waals surface area contributed by atoms with E-state index in [-0.39, 0.29) is 0 Å². The third kappa shape index (κ3) is 4.98. The number of aryl methyl sites for hydroxylation is 5. The minimum atomic E-state index is 0.477. The van der Waals surface area contributed by atoms with Crippen LogP contribution in [0.1, 0.15) is 34.2 Å². The van der Waals surface area contributed by atoms with E-state index < -0.39 is 0 Å². The number of ether oxygens (including phenoxy) is 2. The Morgan fingerprint density at radius 1 is 0.833 bits per heavy atom. The van der Waals surface area contributed by atoms with Crippen LogP contribution < -0.4 is 9.47 Å². The highest BCUT2D eigenvalue weighted by Gasteiger charge is 2.11. The minimum absolute atomic E-state index is 0.477. The summed E-state index contributed by atoms with van der Waals surface area (Å²) in [7, 11) is 0. The Balaban J connectivity index is 1.56. The van der Waals surface area contributed by atoms with Crippen molar-refractivity contribution in [2.24, 2.45) is 4.99 Å². The van der Waals surface area contributed by atoms with Crippen molar-refractivity contribution < 1.29 is 9.47 Å². The number of aliphatic imine (C=N–C) groups is 1. The highest BCUT2D eigenvalue weighted by atomic mass is 16.5. The fourth-order valence-electron chi connectivity index (χ4n) is 3.61. The third-order valence-corrected chi connectivity index (χ3v) is 5.43. The van der Waals surface area contributed by atoms with Gasteiger partial charge in [-0.05, 0) is 104 Å². The Morgan fingerprint density at radius 2 is 1.70 bits per heavy atom. The van der Waals surface area contributed by atoms with Crippen LogP contribution in [0, 0.1) is 20.8 Å². The lowest BCUT2D eigenvalue weighted by Crippen LogP contribution is -2.05. The smallest absolute Gasteiger partial charge is 0.222 e. The van der Waals surface area contributed by atoms with Crippen molar-refractivity contribution in [3.63, 3.8) is 0 Å². The van der Waals surface area contributed by atoms with Gasteiger partial charge in [0.25, 0.3) is 0 Å². The van der Waals surface area contributed by atoms with Gasteiger partial charge in [0.05, 0.1) is 11.9 Å². The molecule has 0 aromatic heterocycles. The van der Waals surface area contributed by atoms with Gasteiger partial charge in [-0.3, -0.25) is 0 Å². The summed E-state index contributed by atoms with van der Waals surface area (Å²) in [6, 6.07) is 20.4. The van der Waals surface area contributed by atoms with Gasteiger partial charge in [-0.2, -0.15) is 0 Å². The summed E-state index contributed by atoms with van der Waals surface area (Å²) in [5, 5.41) is 0. The van der Waals surface area contributed by atoms with E-state index in [0.29, 0.717) is 5.90 Å². The molecule has 152 valence electrons. The van der Waals surface area contributed by atoms with E-state index in [1.54, 1.807) is 12.3 Å². The number of hydrogen-bond acceptors (Lipinski definition) is 3. The molecule has 0 aliphatic heterocycles. The molecule has 0 unspecified atom stereocenters. The lowest BCUT2D eigenvalue weighted by atomic mass is 10.1. The molecule has 3 aromatic rings. The fourth-order valence-corrected chi connectivity index (χ4v) is 3.61. The molecule has 4 rings (SSSR count). The average Bonchev–Trinajstić information content (AvgIpc) is 3.19. The van der Waals surface area contributed by atoms with Crippen molar-refractivity contribution in [3.05, 3.63) is 101 Å². The van der Waals surface area contributed by atoms with Gasteiger partial charge in [0, 0.05) is 6.08 Å². The van der Waals surface area contributed by atoms with E-state index >= 15 is 0 Å². The molecule has 0 saturated carbocycles. The second-order valence-electron chi connectivity index (χ2n) is 7.84. The zero-order valence-corrected chi connectivity index (χ0v) is 17.8. The van der Waals surface area contributed by atoms with Crippen LogP contribution in [0.5, 0.6) is 11.5 Å². The predicted octanol–water partition coefficient (Wildman–Crippen LogP) is 6.80. The SMILES string of the molecule is Cc1cccc(OC(C=COc2ccc3c(c2)CCC3)=Nc2ccc(C)c(C)c2)c1. The molecule has 1 aliphatic rings. The molecule has 0 fully saturated rings. The van der Waals surface area contributed by atoms with Crippen molar-refractivity contribution in [3.8, 4) is 11.5 Å². The summed E-state index contributed by atoms with van der Waals surface area (Å²) in [4.78, 5) is 4.70. The lowest BCUT2D eigenvalue weighted by molar-refractivity contribution is 0.478. The summed E-state index contributed by atoms with van der Waals surface area (Å²) in [6.07, 6.45) is 6.94. The van der Waals surface area contributed by atoms with Gasteiger partial charge >= 0.3 is 0 Å². The Bertz CT molecular complexity index is 1110. The monoisotopic (exact) mass is 397 g/mol. The molecule has 0 amide bonds. The zero-order valence-electron chi connectivity index (χ0n) is 17.8. The van der Waals surface area contributed by atoms with Crippen molar-refractivity contribution in [2.45, 2.75) is 40.0 Å². The molecule has 0 spiro atoms. The van der Waals surface area contributed by atoms with Gasteiger partial charge in [0.2, 0.25) is 5.90 Å². The van der Waals surface area contributed by atoms with Gasteiger partial charge < -0.3 is 9.47 Å². The number of fused-ring (bicyclic) bond motifs is 1. The van der Waals surface area contributed by atoms with E-state index in [0.717, 1.165) is 29.2 Å². The van der Waals surface area contributed by atoms with E-state index in [4.69, 9.17) is 14.5 Å². The van der Waals surface area contributed by atoms with Gasteiger partial charge in [-0.15, -0.1) is 0 Å². The molecular formula is C27H27NO2. The van der Waals surface area contributed by atoms with Gasteiger partial charge in [0.15, 0.2) is 0 Å². The molecule has 0 radical (unpaired) electrons. The normalized spacial score (nSPS) is 13.5. The Morgan fingerprint density at radius 3 is 2.53 bits per heavy atom. The maximum atomic E-state index is 6.06. The minimum Gasteiger partial charge on any atom is -0.465 e. The highest BCUT2D eigenvalue weighted by Crippen LogP contribution is 2.26. The largest absolute Gasteiger partial charge is 0.465 e. The van der Waals surface area contributed by atoms with Crippen LogP contribution in [0.2, 0.25) is 0 Å². The number of rotatable bonds is 5. The summed E-state index contributed by atoms with van der Waals surface area (Å²) in [5.74, 6) is 2.07. The van der Waals surface area contributed by atoms with E-state index in [1.807, 2.05) is 43.3 Å². The van der Waals surface area contributed by atoms with E-state index in [1.165, 1.54) is 35.1 Å². The quantitative estimate of drug-likeness (QED) is 0.269. The second-order valence-corrected chi connectivity index (χ2v) is 7.84. The Labute approximate surface area is 178 Å². The molecule has 0 bridgehead atoms. The van der Waals surface area contributed by atoms with Crippen LogP contribution in [0.4, 0.5) is 5.69 Å². The molecule has 3 aromatic carbocycles. The van der Waals surface area contributed by atoms with Gasteiger partial charge in [0.1, 0.15) is 11.5 Å². The molecule has 3 heteroatoms. The van der Waals surface area contributed by atoms with Crippen molar-refractivity contribution in [1.82, 2.24) is 0 Å². The van der Waals surface area contributed by atoms with Crippen LogP contribution in [0.25, 0.3) is 0 Å². The summed E-state index contributed by atoms with van der Waals surface area (Å²) < 4.78 is 11.9. The highest BCUT2D eigenvalue weighted by molar-refractivity contribution is 5.91. The fraction of sp³-hybridized carbons (Fsp3) is 0.222. The van der Waals surface area contributed by atoms with Gasteiger partial charge in [-0.1, -0.05) is 24.3 Å². The standard InChI is InChI=1S/C27H27NO2/c1-19-6-4-9-26(16-19)30-27(28-24-12-10-20(2)21(3)17-24)14-15-29-25-13-11-22-7-5-8-23(22)18-25/h4,6,9-18H,5,7-8H2,1-3H3. The first-order valence-corrected chi connectivity index (χ1v) is 10.4.